The molecule has 8 heteroatoms. The normalized spacial score (nSPS) is 14.0. The largest absolute Gasteiger partial charge is 0.394 e. The van der Waals surface area contributed by atoms with Crippen molar-refractivity contribution in [1.29, 1.82) is 0 Å². The van der Waals surface area contributed by atoms with Crippen LogP contribution in [-0.4, -0.2) is 40.6 Å². The molecule has 0 atom stereocenters. The Labute approximate surface area is 139 Å². The zero-order chi connectivity index (χ0) is 16.9. The molecule has 1 aliphatic rings. The summed E-state index contributed by atoms with van der Waals surface area (Å²) in [4.78, 5) is 14.0. The maximum atomic E-state index is 14.2. The predicted octanol–water partition coefficient (Wildman–Crippen LogP) is 2.26. The first-order chi connectivity index (χ1) is 11.7. The highest BCUT2D eigenvalue weighted by Gasteiger charge is 2.16. The van der Waals surface area contributed by atoms with E-state index in [2.05, 4.69) is 15.7 Å². The number of hydrogen-bond donors (Lipinski definition) is 3. The van der Waals surface area contributed by atoms with Gasteiger partial charge >= 0.3 is 6.03 Å². The number of aromatic nitrogens is 2. The molecular weight excluding hydrogens is 313 g/mol. The number of urea groups is 1. The zero-order valence-corrected chi connectivity index (χ0v) is 13.2. The molecule has 1 aromatic heterocycles. The summed E-state index contributed by atoms with van der Waals surface area (Å²) in [5.41, 5.74) is 1.45. The summed E-state index contributed by atoms with van der Waals surface area (Å²) in [6.07, 6.45) is 5.23. The van der Waals surface area contributed by atoms with E-state index in [0.29, 0.717) is 23.6 Å². The number of aliphatic hydroxyl groups excluding tert-OH is 1. The highest BCUT2D eigenvalue weighted by Crippen LogP contribution is 2.26. The first-order valence-corrected chi connectivity index (χ1v) is 7.91. The summed E-state index contributed by atoms with van der Waals surface area (Å²) in [6, 6.07) is 4.22. The molecule has 24 heavy (non-hydrogen) atoms. The summed E-state index contributed by atoms with van der Waals surface area (Å²) in [7, 11) is 0. The van der Waals surface area contributed by atoms with Gasteiger partial charge in [0.15, 0.2) is 0 Å². The molecule has 0 spiro atoms. The van der Waals surface area contributed by atoms with Crippen LogP contribution in [0.3, 0.4) is 0 Å². The molecule has 7 nitrogen and oxygen atoms in total. The van der Waals surface area contributed by atoms with Crippen LogP contribution >= 0.6 is 0 Å². The molecule has 2 heterocycles. The zero-order valence-electron chi connectivity index (χ0n) is 13.2. The van der Waals surface area contributed by atoms with Gasteiger partial charge in [0.2, 0.25) is 0 Å². The van der Waals surface area contributed by atoms with Crippen molar-refractivity contribution < 1.29 is 14.3 Å². The topological polar surface area (TPSA) is 82.4 Å². The number of rotatable bonds is 5. The van der Waals surface area contributed by atoms with Crippen LogP contribution in [0.1, 0.15) is 12.8 Å². The van der Waals surface area contributed by atoms with E-state index < -0.39 is 6.03 Å². The van der Waals surface area contributed by atoms with Crippen molar-refractivity contribution in [2.45, 2.75) is 19.4 Å². The molecule has 3 rings (SSSR count). The van der Waals surface area contributed by atoms with Gasteiger partial charge in [-0.15, -0.1) is 0 Å². The van der Waals surface area contributed by atoms with Gasteiger partial charge in [-0.2, -0.15) is 5.10 Å². The summed E-state index contributed by atoms with van der Waals surface area (Å²) < 4.78 is 15.7. The molecule has 1 saturated heterocycles. The SMILES string of the molecule is O=C(Nc1ccc(N2CCCC2)c(F)c1)Nc1cnn(CCO)c1. The number of aliphatic hydroxyl groups is 1. The number of amides is 2. The lowest BCUT2D eigenvalue weighted by atomic mass is 10.2. The van der Waals surface area contributed by atoms with Crippen molar-refractivity contribution in [2.75, 3.05) is 35.2 Å². The minimum absolute atomic E-state index is 0.0318. The predicted molar refractivity (Wildman–Crippen MR) is 89.8 cm³/mol. The van der Waals surface area contributed by atoms with Gasteiger partial charge in [-0.1, -0.05) is 0 Å². The Morgan fingerprint density at radius 3 is 2.71 bits per heavy atom. The Bertz CT molecular complexity index is 712. The molecule has 2 aromatic rings. The minimum atomic E-state index is -0.480. The molecule has 0 radical (unpaired) electrons. The van der Waals surface area contributed by atoms with Gasteiger partial charge in [0.25, 0.3) is 0 Å². The number of anilines is 3. The Balaban J connectivity index is 1.60. The first kappa shape index (κ1) is 16.3. The van der Waals surface area contributed by atoms with Gasteiger partial charge in [-0.25, -0.2) is 9.18 Å². The minimum Gasteiger partial charge on any atom is -0.394 e. The van der Waals surface area contributed by atoms with Crippen molar-refractivity contribution >= 4 is 23.1 Å². The molecule has 1 fully saturated rings. The van der Waals surface area contributed by atoms with Crippen LogP contribution in [0.25, 0.3) is 0 Å². The maximum absolute atomic E-state index is 14.2. The Morgan fingerprint density at radius 2 is 2.00 bits per heavy atom. The van der Waals surface area contributed by atoms with Crippen LogP contribution in [0, 0.1) is 5.82 Å². The van der Waals surface area contributed by atoms with Gasteiger partial charge in [-0.3, -0.25) is 4.68 Å². The van der Waals surface area contributed by atoms with Crippen molar-refractivity contribution in [3.05, 3.63) is 36.4 Å². The van der Waals surface area contributed by atoms with Gasteiger partial charge in [0, 0.05) is 25.0 Å². The quantitative estimate of drug-likeness (QED) is 0.784. The van der Waals surface area contributed by atoms with E-state index in [4.69, 9.17) is 5.11 Å². The number of nitrogens with one attached hydrogen (secondary N) is 2. The summed E-state index contributed by atoms with van der Waals surface area (Å²) in [5, 5.41) is 18.0. The second kappa shape index (κ2) is 7.31. The third kappa shape index (κ3) is 3.83. The fourth-order valence-corrected chi connectivity index (χ4v) is 2.75. The Hall–Kier alpha value is -2.61. The average molecular weight is 333 g/mol. The smallest absolute Gasteiger partial charge is 0.323 e. The number of carbonyl (C=O) groups is 1. The van der Waals surface area contributed by atoms with Crippen molar-refractivity contribution in [2.24, 2.45) is 0 Å². The highest BCUT2D eigenvalue weighted by atomic mass is 19.1. The fourth-order valence-electron chi connectivity index (χ4n) is 2.75. The third-order valence-corrected chi connectivity index (χ3v) is 3.87. The standard InChI is InChI=1S/C16H20FN5O2/c17-14-9-12(3-4-15(14)21-5-1-2-6-21)19-16(24)20-13-10-18-22(11-13)7-8-23/h3-4,9-11,23H,1-2,5-8H2,(H2,19,20,24). The molecule has 1 aliphatic heterocycles. The summed E-state index contributed by atoms with van der Waals surface area (Å²) >= 11 is 0. The lowest BCUT2D eigenvalue weighted by Crippen LogP contribution is -2.21. The van der Waals surface area contributed by atoms with Crippen molar-refractivity contribution in [3.63, 3.8) is 0 Å². The molecular formula is C16H20FN5O2. The number of nitrogens with zero attached hydrogens (tertiary/aromatic N) is 3. The first-order valence-electron chi connectivity index (χ1n) is 7.91. The van der Waals surface area contributed by atoms with Gasteiger partial charge in [0.1, 0.15) is 5.82 Å². The monoisotopic (exact) mass is 333 g/mol. The van der Waals surface area contributed by atoms with Gasteiger partial charge in [0.05, 0.1) is 30.7 Å². The lowest BCUT2D eigenvalue weighted by Gasteiger charge is -2.18. The van der Waals surface area contributed by atoms with E-state index in [1.807, 2.05) is 4.90 Å². The van der Waals surface area contributed by atoms with E-state index in [-0.39, 0.29) is 12.4 Å². The maximum Gasteiger partial charge on any atom is 0.323 e. The van der Waals surface area contributed by atoms with Crippen LogP contribution in [0.2, 0.25) is 0 Å². The second-order valence-corrected chi connectivity index (χ2v) is 5.66. The van der Waals surface area contributed by atoms with Gasteiger partial charge < -0.3 is 20.6 Å². The molecule has 0 unspecified atom stereocenters. The van der Waals surface area contributed by atoms with E-state index >= 15 is 0 Å². The van der Waals surface area contributed by atoms with Crippen LogP contribution < -0.4 is 15.5 Å². The van der Waals surface area contributed by atoms with Crippen molar-refractivity contribution in [3.8, 4) is 0 Å². The number of carbonyl (C=O) groups excluding carboxylic acids is 1. The van der Waals surface area contributed by atoms with Crippen LogP contribution in [0.4, 0.5) is 26.2 Å². The molecule has 128 valence electrons. The third-order valence-electron chi connectivity index (χ3n) is 3.87. The highest BCUT2D eigenvalue weighted by molar-refractivity contribution is 5.99. The van der Waals surface area contributed by atoms with E-state index in [1.54, 1.807) is 18.3 Å². The van der Waals surface area contributed by atoms with Crippen molar-refractivity contribution in [1.82, 2.24) is 9.78 Å². The summed E-state index contributed by atoms with van der Waals surface area (Å²) in [6.45, 7) is 2.05. The van der Waals surface area contributed by atoms with Crippen LogP contribution in [-0.2, 0) is 6.54 Å². The van der Waals surface area contributed by atoms with E-state index in [9.17, 15) is 9.18 Å². The fraction of sp³-hybridized carbons (Fsp3) is 0.375. The molecule has 3 N–H and O–H groups in total. The number of benzene rings is 1. The average Bonchev–Trinajstić information content (AvgIpc) is 3.20. The Kier molecular flexibility index (Phi) is 4.95. The second-order valence-electron chi connectivity index (χ2n) is 5.66. The van der Waals surface area contributed by atoms with Crippen LogP contribution in [0.5, 0.6) is 0 Å². The van der Waals surface area contributed by atoms with E-state index in [1.165, 1.54) is 16.9 Å². The Morgan fingerprint density at radius 1 is 1.25 bits per heavy atom. The molecule has 2 amide bonds. The van der Waals surface area contributed by atoms with Gasteiger partial charge in [-0.05, 0) is 31.0 Å². The van der Waals surface area contributed by atoms with E-state index in [0.717, 1.165) is 25.9 Å². The number of hydrogen-bond acceptors (Lipinski definition) is 4. The lowest BCUT2D eigenvalue weighted by molar-refractivity contribution is 0.262. The molecule has 1 aromatic carbocycles. The molecule has 0 saturated carbocycles. The van der Waals surface area contributed by atoms with Crippen LogP contribution in [0.15, 0.2) is 30.6 Å². The molecule has 0 bridgehead atoms. The number of halogens is 1. The molecule has 0 aliphatic carbocycles. The summed E-state index contributed by atoms with van der Waals surface area (Å²) in [5.74, 6) is -0.342.